The minimum atomic E-state index is -0.215. The lowest BCUT2D eigenvalue weighted by molar-refractivity contribution is 0.0916. The molecule has 2 aromatic rings. The van der Waals surface area contributed by atoms with Gasteiger partial charge in [0.1, 0.15) is 5.69 Å². The fraction of sp³-hybridized carbons (Fsp3) is 0.375. The average Bonchev–Trinajstić information content (AvgIpc) is 2.58. The molecule has 1 saturated carbocycles. The fourth-order valence-electron chi connectivity index (χ4n) is 2.69. The fourth-order valence-corrected chi connectivity index (χ4v) is 2.69. The maximum atomic E-state index is 12.4. The highest BCUT2D eigenvalue weighted by Gasteiger charge is 2.24. The van der Waals surface area contributed by atoms with Gasteiger partial charge in [0.25, 0.3) is 5.91 Å². The van der Waals surface area contributed by atoms with Gasteiger partial charge >= 0.3 is 0 Å². The predicted molar refractivity (Wildman–Crippen MR) is 87.2 cm³/mol. The van der Waals surface area contributed by atoms with E-state index in [2.05, 4.69) is 25.6 Å². The van der Waals surface area contributed by atoms with Crippen molar-refractivity contribution < 1.29 is 4.79 Å². The Morgan fingerprint density at radius 1 is 1.13 bits per heavy atom. The Labute approximate surface area is 134 Å². The first-order valence-corrected chi connectivity index (χ1v) is 7.79. The minimum Gasteiger partial charge on any atom is -0.346 e. The van der Waals surface area contributed by atoms with Gasteiger partial charge in [0.05, 0.1) is 0 Å². The summed E-state index contributed by atoms with van der Waals surface area (Å²) in [5.74, 6) is 0.157. The number of nitrogens with one attached hydrogen (secondary N) is 2. The van der Waals surface area contributed by atoms with Crippen molar-refractivity contribution in [3.8, 4) is 0 Å². The number of hydrogen-bond acceptors (Lipinski definition) is 6. The van der Waals surface area contributed by atoms with E-state index in [4.69, 9.17) is 5.73 Å². The highest BCUT2D eigenvalue weighted by atomic mass is 16.2. The van der Waals surface area contributed by atoms with Crippen molar-refractivity contribution in [2.75, 3.05) is 5.32 Å². The maximum absolute atomic E-state index is 12.4. The molecule has 0 unspecified atom stereocenters. The van der Waals surface area contributed by atoms with E-state index in [0.717, 1.165) is 31.4 Å². The first kappa shape index (κ1) is 15.4. The number of carbonyl (C=O) groups is 1. The van der Waals surface area contributed by atoms with Crippen LogP contribution in [0.25, 0.3) is 0 Å². The number of pyridine rings is 1. The van der Waals surface area contributed by atoms with Gasteiger partial charge in [-0.2, -0.15) is 0 Å². The molecule has 1 aliphatic carbocycles. The van der Waals surface area contributed by atoms with Crippen molar-refractivity contribution in [1.29, 1.82) is 0 Å². The number of anilines is 2. The third-order valence-electron chi connectivity index (χ3n) is 3.96. The monoisotopic (exact) mass is 312 g/mol. The van der Waals surface area contributed by atoms with Crippen molar-refractivity contribution in [2.45, 2.75) is 37.8 Å². The second kappa shape index (κ2) is 7.15. The van der Waals surface area contributed by atoms with E-state index in [-0.39, 0.29) is 18.0 Å². The number of nitrogens with zero attached hydrogens (tertiary/aromatic N) is 3. The highest BCUT2D eigenvalue weighted by molar-refractivity contribution is 5.92. The lowest BCUT2D eigenvalue weighted by Gasteiger charge is -2.29. The van der Waals surface area contributed by atoms with Crippen LogP contribution >= 0.6 is 0 Å². The van der Waals surface area contributed by atoms with Crippen LogP contribution in [-0.2, 0) is 0 Å². The normalized spacial score (nSPS) is 20.7. The van der Waals surface area contributed by atoms with Crippen LogP contribution in [0.1, 0.15) is 36.2 Å². The van der Waals surface area contributed by atoms with Gasteiger partial charge in [-0.1, -0.05) is 12.8 Å². The third-order valence-corrected chi connectivity index (χ3v) is 3.96. The van der Waals surface area contributed by atoms with Gasteiger partial charge in [-0.25, -0.2) is 9.97 Å². The molecule has 7 heteroatoms. The van der Waals surface area contributed by atoms with Crippen LogP contribution < -0.4 is 16.4 Å². The third kappa shape index (κ3) is 4.01. The van der Waals surface area contributed by atoms with Crippen molar-refractivity contribution in [1.82, 2.24) is 20.3 Å². The Morgan fingerprint density at radius 2 is 1.91 bits per heavy atom. The summed E-state index contributed by atoms with van der Waals surface area (Å²) in [7, 11) is 0. The molecule has 2 heterocycles. The maximum Gasteiger partial charge on any atom is 0.270 e. The van der Waals surface area contributed by atoms with E-state index >= 15 is 0 Å². The summed E-state index contributed by atoms with van der Waals surface area (Å²) >= 11 is 0. The molecule has 0 saturated heterocycles. The van der Waals surface area contributed by atoms with Gasteiger partial charge in [-0.05, 0) is 31.0 Å². The van der Waals surface area contributed by atoms with Crippen LogP contribution in [-0.4, -0.2) is 32.9 Å². The van der Waals surface area contributed by atoms with E-state index in [1.165, 1.54) is 0 Å². The Balaban J connectivity index is 1.67. The molecule has 0 aromatic carbocycles. The minimum absolute atomic E-state index is 0.0165. The number of nitrogens with two attached hydrogens (primary N) is 1. The second-order valence-corrected chi connectivity index (χ2v) is 5.65. The van der Waals surface area contributed by atoms with Crippen molar-refractivity contribution in [2.24, 2.45) is 5.73 Å². The summed E-state index contributed by atoms with van der Waals surface area (Å²) in [4.78, 5) is 24.7. The lowest BCUT2D eigenvalue weighted by Crippen LogP contribution is -2.49. The summed E-state index contributed by atoms with van der Waals surface area (Å²) in [6.45, 7) is 0. The van der Waals surface area contributed by atoms with Gasteiger partial charge in [0.15, 0.2) is 0 Å². The SMILES string of the molecule is N[C@H]1CCCC[C@@H]1NC(=O)c1ccnc(Nc2ccncc2)n1. The molecule has 1 amide bonds. The van der Waals surface area contributed by atoms with Gasteiger partial charge in [0.2, 0.25) is 5.95 Å². The highest BCUT2D eigenvalue weighted by Crippen LogP contribution is 2.17. The summed E-state index contributed by atoms with van der Waals surface area (Å²) in [6.07, 6.45) is 8.99. The van der Waals surface area contributed by atoms with Crippen LogP contribution in [0.5, 0.6) is 0 Å². The van der Waals surface area contributed by atoms with E-state index in [0.29, 0.717) is 11.6 Å². The molecule has 7 nitrogen and oxygen atoms in total. The van der Waals surface area contributed by atoms with Crippen LogP contribution in [0.2, 0.25) is 0 Å². The molecule has 0 spiro atoms. The Hall–Kier alpha value is -2.54. The van der Waals surface area contributed by atoms with Crippen molar-refractivity contribution in [3.63, 3.8) is 0 Å². The number of aromatic nitrogens is 3. The summed E-state index contributed by atoms with van der Waals surface area (Å²) in [5, 5.41) is 6.03. The number of rotatable bonds is 4. The van der Waals surface area contributed by atoms with Crippen LogP contribution in [0, 0.1) is 0 Å². The number of hydrogen-bond donors (Lipinski definition) is 3. The molecule has 23 heavy (non-hydrogen) atoms. The number of carbonyl (C=O) groups excluding carboxylic acids is 1. The average molecular weight is 312 g/mol. The summed E-state index contributed by atoms with van der Waals surface area (Å²) in [5.41, 5.74) is 7.21. The second-order valence-electron chi connectivity index (χ2n) is 5.65. The van der Waals surface area contributed by atoms with Gasteiger partial charge < -0.3 is 16.4 Å². The Morgan fingerprint density at radius 3 is 2.70 bits per heavy atom. The molecule has 0 radical (unpaired) electrons. The van der Waals surface area contributed by atoms with E-state index in [1.54, 1.807) is 36.8 Å². The lowest BCUT2D eigenvalue weighted by atomic mass is 9.91. The van der Waals surface area contributed by atoms with Gasteiger partial charge in [-0.3, -0.25) is 9.78 Å². The molecular weight excluding hydrogens is 292 g/mol. The standard InChI is InChI=1S/C16H20N6O/c17-12-3-1-2-4-13(12)21-15(23)14-7-10-19-16(22-14)20-11-5-8-18-9-6-11/h5-10,12-13H,1-4,17H2,(H,21,23)(H,18,19,20,22)/t12-,13-/m0/s1. The molecule has 0 bridgehead atoms. The smallest absolute Gasteiger partial charge is 0.270 e. The largest absolute Gasteiger partial charge is 0.346 e. The zero-order valence-corrected chi connectivity index (χ0v) is 12.8. The molecule has 2 aromatic heterocycles. The van der Waals surface area contributed by atoms with E-state index in [1.807, 2.05) is 0 Å². The van der Waals surface area contributed by atoms with Crippen LogP contribution in [0.3, 0.4) is 0 Å². The molecule has 120 valence electrons. The van der Waals surface area contributed by atoms with E-state index in [9.17, 15) is 4.79 Å². The molecule has 2 atom stereocenters. The Bertz CT molecular complexity index is 663. The molecular formula is C16H20N6O. The zero-order valence-electron chi connectivity index (χ0n) is 12.8. The molecule has 3 rings (SSSR count). The van der Waals surface area contributed by atoms with Crippen molar-refractivity contribution >= 4 is 17.5 Å². The van der Waals surface area contributed by atoms with Crippen molar-refractivity contribution in [3.05, 3.63) is 42.5 Å². The predicted octanol–water partition coefficient (Wildman–Crippen LogP) is 1.61. The first-order valence-electron chi connectivity index (χ1n) is 7.79. The van der Waals surface area contributed by atoms with Crippen LogP contribution in [0.15, 0.2) is 36.8 Å². The number of amides is 1. The summed E-state index contributed by atoms with van der Waals surface area (Å²) < 4.78 is 0. The topological polar surface area (TPSA) is 106 Å². The van der Waals surface area contributed by atoms with Gasteiger partial charge in [0, 0.05) is 36.4 Å². The van der Waals surface area contributed by atoms with Gasteiger partial charge in [-0.15, -0.1) is 0 Å². The zero-order chi connectivity index (χ0) is 16.1. The molecule has 0 aliphatic heterocycles. The molecule has 1 aliphatic rings. The molecule has 1 fully saturated rings. The van der Waals surface area contributed by atoms with E-state index < -0.39 is 0 Å². The summed E-state index contributed by atoms with van der Waals surface area (Å²) in [6, 6.07) is 5.24. The quantitative estimate of drug-likeness (QED) is 0.792. The van der Waals surface area contributed by atoms with Crippen LogP contribution in [0.4, 0.5) is 11.6 Å². The Kier molecular flexibility index (Phi) is 4.77. The first-order chi connectivity index (χ1) is 11.2. The molecule has 4 N–H and O–H groups in total.